The van der Waals surface area contributed by atoms with Crippen molar-refractivity contribution >= 4 is 36.5 Å². The van der Waals surface area contributed by atoms with E-state index in [1.807, 2.05) is 0 Å². The largest absolute Gasteiger partial charge is 0.521 e. The highest BCUT2D eigenvalue weighted by Crippen LogP contribution is 2.44. The summed E-state index contributed by atoms with van der Waals surface area (Å²) in [7, 11) is -0.413. The number of carboxylic acids is 1. The number of hydrogen-bond donors (Lipinski definition) is 2. The second-order valence-corrected chi connectivity index (χ2v) is 10.1. The van der Waals surface area contributed by atoms with E-state index in [9.17, 15) is 32.5 Å². The Balaban J connectivity index is 0.00000127. The van der Waals surface area contributed by atoms with Gasteiger partial charge in [-0.3, -0.25) is 17.8 Å². The smallest absolute Gasteiger partial charge is 0.492 e. The lowest BCUT2D eigenvalue weighted by atomic mass is 10.1. The average molecular weight is 543 g/mol. The summed E-state index contributed by atoms with van der Waals surface area (Å²) >= 11 is 0. The van der Waals surface area contributed by atoms with Crippen LogP contribution < -0.4 is 20.4 Å². The maximum Gasteiger partial charge on any atom is 0.521 e. The summed E-state index contributed by atoms with van der Waals surface area (Å²) in [6.45, 7) is 4.58. The van der Waals surface area contributed by atoms with Gasteiger partial charge < -0.3 is 29.4 Å². The summed E-state index contributed by atoms with van der Waals surface area (Å²) in [5, 5.41) is 12.1. The molecular formula is C24H30BF4N3O6. The van der Waals surface area contributed by atoms with E-state index < -0.39 is 60.9 Å². The third-order valence-corrected chi connectivity index (χ3v) is 6.23. The van der Waals surface area contributed by atoms with E-state index in [0.717, 1.165) is 18.9 Å². The third kappa shape index (κ3) is 6.16. The van der Waals surface area contributed by atoms with Crippen molar-refractivity contribution in [3.05, 3.63) is 33.9 Å². The molecular weight excluding hydrogens is 513 g/mol. The number of methoxy groups -OCH3 is 1. The van der Waals surface area contributed by atoms with Crippen molar-refractivity contribution in [2.75, 3.05) is 31.8 Å². The average Bonchev–Trinajstić information content (AvgIpc) is 3.58. The molecule has 1 aromatic carbocycles. The summed E-state index contributed by atoms with van der Waals surface area (Å²) in [6.07, 6.45) is 2.14. The molecule has 2 N–H and O–H groups in total. The lowest BCUT2D eigenvalue weighted by molar-refractivity contribution is 0.0494. The first kappa shape index (κ1) is 29.1. The summed E-state index contributed by atoms with van der Waals surface area (Å²) < 4.78 is 61.1. The number of nitrogens with one attached hydrogen (secondary N) is 1. The van der Waals surface area contributed by atoms with Crippen molar-refractivity contribution in [2.45, 2.75) is 51.3 Å². The number of carboxylic acid groups (broad SMARTS) is 1. The Morgan fingerprint density at radius 3 is 2.37 bits per heavy atom. The summed E-state index contributed by atoms with van der Waals surface area (Å²) in [6, 6.07) is 0.330. The minimum Gasteiger partial charge on any atom is -0.492 e. The number of amides is 1. The van der Waals surface area contributed by atoms with Crippen LogP contribution in [0.25, 0.3) is 10.9 Å². The zero-order chi connectivity index (χ0) is 28.4. The molecule has 2 fully saturated rings. The molecule has 1 amide bonds. The first-order chi connectivity index (χ1) is 17.9. The second-order valence-electron chi connectivity index (χ2n) is 10.1. The molecule has 1 aliphatic carbocycles. The number of aromatic nitrogens is 1. The Morgan fingerprint density at radius 1 is 1.24 bits per heavy atom. The first-order valence-corrected chi connectivity index (χ1v) is 12.0. The van der Waals surface area contributed by atoms with E-state index >= 15 is 4.39 Å². The molecule has 9 nitrogen and oxygen atoms in total. The number of pyridine rings is 1. The van der Waals surface area contributed by atoms with E-state index in [1.165, 1.54) is 13.3 Å². The van der Waals surface area contributed by atoms with Crippen molar-refractivity contribution in [3.63, 3.8) is 0 Å². The number of fused-ring (bicyclic) bond motifs is 1. The third-order valence-electron chi connectivity index (χ3n) is 6.23. The lowest BCUT2D eigenvalue weighted by Crippen LogP contribution is -2.43. The van der Waals surface area contributed by atoms with Crippen LogP contribution in [0.15, 0.2) is 17.1 Å². The number of carbonyl (C=O) groups is 2. The molecule has 208 valence electrons. The monoisotopic (exact) mass is 543 g/mol. The fourth-order valence-electron chi connectivity index (χ4n) is 4.56. The van der Waals surface area contributed by atoms with E-state index in [0.29, 0.717) is 5.52 Å². The molecule has 2 unspecified atom stereocenters. The zero-order valence-electron chi connectivity index (χ0n) is 21.5. The van der Waals surface area contributed by atoms with Gasteiger partial charge in [-0.1, -0.05) is 0 Å². The van der Waals surface area contributed by atoms with Crippen molar-refractivity contribution < 1.29 is 41.6 Å². The van der Waals surface area contributed by atoms with Crippen molar-refractivity contribution in [1.29, 1.82) is 0 Å². The van der Waals surface area contributed by atoms with Crippen LogP contribution in [0.5, 0.6) is 5.75 Å². The maximum absolute atomic E-state index is 15.5. The molecule has 0 spiro atoms. The fraction of sp³-hybridized carbons (Fsp3) is 0.542. The predicted octanol–water partition coefficient (Wildman–Crippen LogP) is 3.67. The van der Waals surface area contributed by atoms with Crippen LogP contribution in [-0.4, -0.2) is 68.1 Å². The molecule has 2 aromatic rings. The van der Waals surface area contributed by atoms with Crippen LogP contribution in [0.4, 0.5) is 27.9 Å². The van der Waals surface area contributed by atoms with Gasteiger partial charge in [0.2, 0.25) is 5.43 Å². The van der Waals surface area contributed by atoms with Crippen LogP contribution in [0, 0.1) is 11.7 Å². The van der Waals surface area contributed by atoms with Crippen LogP contribution >= 0.6 is 0 Å². The Bertz CT molecular complexity index is 1260. The van der Waals surface area contributed by atoms with E-state index in [2.05, 4.69) is 5.32 Å². The quantitative estimate of drug-likeness (QED) is 0.423. The molecule has 1 aliphatic heterocycles. The summed E-state index contributed by atoms with van der Waals surface area (Å²) in [5.41, 5.74) is -1.66. The van der Waals surface area contributed by atoms with Gasteiger partial charge in [0.1, 0.15) is 16.9 Å². The zero-order valence-corrected chi connectivity index (χ0v) is 21.5. The van der Waals surface area contributed by atoms with Crippen LogP contribution in [0.2, 0.25) is 0 Å². The van der Waals surface area contributed by atoms with Gasteiger partial charge in [-0.25, -0.2) is 14.0 Å². The van der Waals surface area contributed by atoms with Gasteiger partial charge in [-0.05, 0) is 39.7 Å². The highest BCUT2D eigenvalue weighted by molar-refractivity contribution is 6.15. The number of hydrogen-bond acceptors (Lipinski definition) is 6. The van der Waals surface area contributed by atoms with Gasteiger partial charge >= 0.3 is 19.9 Å². The number of nitrogens with zero attached hydrogens (tertiary/aromatic N) is 2. The molecule has 1 aromatic heterocycles. The molecule has 0 bridgehead atoms. The number of rotatable bonds is 6. The molecule has 4 rings (SSSR count). The predicted molar refractivity (Wildman–Crippen MR) is 134 cm³/mol. The second kappa shape index (κ2) is 11.5. The van der Waals surface area contributed by atoms with Gasteiger partial charge in [-0.2, -0.15) is 0 Å². The number of alkyl carbamates (subject to hydrolysis) is 1. The maximum atomic E-state index is 15.5. The standard InChI is InChI=1S/C24H29F2N3O6.BF2H/c1-24(2,3)35-23(33)27-17-11-28(9-12(17)8-25)19-16(26)7-14-18(21(19)34-4)29(13-5-6-13)10-15(20(14)30)22(31)32;2-1-3/h7,10,12-13,17H,5-6,8-9,11H2,1-4H3,(H,27,33)(H,31,32);1H. The summed E-state index contributed by atoms with van der Waals surface area (Å²) in [5.74, 6) is -2.75. The van der Waals surface area contributed by atoms with E-state index in [4.69, 9.17) is 9.47 Å². The molecule has 2 heterocycles. The van der Waals surface area contributed by atoms with Crippen LogP contribution in [-0.2, 0) is 4.74 Å². The SMILES string of the molecule is COc1c(N2CC(CF)C(NC(=O)OC(C)(C)C)C2)c(F)cc2c(=O)c(C(=O)O)cn(C3CC3)c12.FBF. The molecule has 14 heteroatoms. The molecule has 1 saturated carbocycles. The number of halogens is 4. The van der Waals surface area contributed by atoms with Gasteiger partial charge in [0.05, 0.1) is 30.7 Å². The Morgan fingerprint density at radius 2 is 1.87 bits per heavy atom. The molecule has 2 aliphatic rings. The lowest BCUT2D eigenvalue weighted by Gasteiger charge is -2.25. The number of benzene rings is 1. The minimum atomic E-state index is -1.75. The normalized spacial score (nSPS) is 19.0. The van der Waals surface area contributed by atoms with E-state index in [-0.39, 0.29) is 36.0 Å². The molecule has 0 radical (unpaired) electrons. The highest BCUT2D eigenvalue weighted by atomic mass is 19.2. The molecule has 1 saturated heterocycles. The number of carbonyl (C=O) groups excluding carboxylic acids is 1. The number of ether oxygens (including phenoxy) is 2. The topological polar surface area (TPSA) is 110 Å². The van der Waals surface area contributed by atoms with Gasteiger partial charge in [0.15, 0.2) is 11.6 Å². The van der Waals surface area contributed by atoms with Crippen LogP contribution in [0.1, 0.15) is 50.0 Å². The van der Waals surface area contributed by atoms with Gasteiger partial charge in [0.25, 0.3) is 0 Å². The molecule has 38 heavy (non-hydrogen) atoms. The Hall–Kier alpha value is -3.45. The molecule has 2 atom stereocenters. The van der Waals surface area contributed by atoms with Crippen molar-refractivity contribution in [3.8, 4) is 5.75 Å². The number of aromatic carboxylic acids is 1. The Labute approximate surface area is 217 Å². The fourth-order valence-corrected chi connectivity index (χ4v) is 4.56. The van der Waals surface area contributed by atoms with Crippen molar-refractivity contribution in [1.82, 2.24) is 9.88 Å². The number of anilines is 1. The highest BCUT2D eigenvalue weighted by Gasteiger charge is 2.38. The van der Waals surface area contributed by atoms with Crippen molar-refractivity contribution in [2.24, 2.45) is 5.92 Å². The summed E-state index contributed by atoms with van der Waals surface area (Å²) in [4.78, 5) is 38.3. The van der Waals surface area contributed by atoms with Crippen LogP contribution in [0.3, 0.4) is 0 Å². The van der Waals surface area contributed by atoms with Gasteiger partial charge in [0, 0.05) is 31.2 Å². The van der Waals surface area contributed by atoms with E-state index in [1.54, 1.807) is 30.2 Å². The Kier molecular flexibility index (Phi) is 8.83. The first-order valence-electron chi connectivity index (χ1n) is 12.0. The van der Waals surface area contributed by atoms with Gasteiger partial charge in [-0.15, -0.1) is 0 Å². The minimum absolute atomic E-state index is 0.0313. The number of alkyl halides is 1.